The van der Waals surface area contributed by atoms with Crippen molar-refractivity contribution in [1.82, 2.24) is 4.90 Å². The zero-order valence-electron chi connectivity index (χ0n) is 18.6. The molecule has 35 heavy (non-hydrogen) atoms. The van der Waals surface area contributed by atoms with Gasteiger partial charge in [-0.15, -0.1) is 0 Å². The highest BCUT2D eigenvalue weighted by molar-refractivity contribution is 8.18. The van der Waals surface area contributed by atoms with Crippen molar-refractivity contribution in [2.24, 2.45) is 0 Å². The average molecular weight is 489 g/mol. The van der Waals surface area contributed by atoms with E-state index in [-0.39, 0.29) is 16.4 Å². The maximum atomic E-state index is 12.8. The summed E-state index contributed by atoms with van der Waals surface area (Å²) in [5.41, 5.74) is 1.52. The Balaban J connectivity index is 1.46. The first-order chi connectivity index (χ1) is 16.9. The van der Waals surface area contributed by atoms with Crippen LogP contribution in [0.1, 0.15) is 15.9 Å². The number of amides is 3. The molecule has 0 aromatic heterocycles. The topological polar surface area (TPSA) is 102 Å². The number of rotatable bonds is 7. The maximum Gasteiger partial charge on any atom is 0.343 e. The molecular weight excluding hydrogens is 468 g/mol. The lowest BCUT2D eigenvalue weighted by Crippen LogP contribution is -2.36. The van der Waals surface area contributed by atoms with E-state index in [0.29, 0.717) is 16.8 Å². The standard InChI is InChI=1S/C26H20N2O6S/c1-33-21-14-17(12-13-20(21)34-25(31)18-8-4-2-5-9-18)15-22-24(30)28(26(32)35-22)16-23(29)27-19-10-6-3-7-11-19/h2-15H,16H2,1H3,(H,27,29)/b22-15-. The lowest BCUT2D eigenvalue weighted by molar-refractivity contribution is -0.127. The Morgan fingerprint density at radius 1 is 0.943 bits per heavy atom. The molecule has 0 atom stereocenters. The van der Waals surface area contributed by atoms with Gasteiger partial charge in [-0.1, -0.05) is 42.5 Å². The molecule has 1 aliphatic rings. The van der Waals surface area contributed by atoms with Crippen LogP contribution in [0.4, 0.5) is 10.5 Å². The van der Waals surface area contributed by atoms with Crippen molar-refractivity contribution >= 4 is 46.5 Å². The Bertz CT molecular complexity index is 1310. The molecule has 8 nitrogen and oxygen atoms in total. The summed E-state index contributed by atoms with van der Waals surface area (Å²) in [7, 11) is 1.43. The van der Waals surface area contributed by atoms with Gasteiger partial charge >= 0.3 is 5.97 Å². The summed E-state index contributed by atoms with van der Waals surface area (Å²) in [6, 6.07) is 22.1. The zero-order valence-corrected chi connectivity index (χ0v) is 19.4. The molecule has 0 bridgehead atoms. The molecule has 9 heteroatoms. The van der Waals surface area contributed by atoms with Crippen molar-refractivity contribution in [2.75, 3.05) is 19.0 Å². The van der Waals surface area contributed by atoms with Gasteiger partial charge in [0.2, 0.25) is 5.91 Å². The highest BCUT2D eigenvalue weighted by atomic mass is 32.2. The quantitative estimate of drug-likeness (QED) is 0.295. The van der Waals surface area contributed by atoms with Gasteiger partial charge < -0.3 is 14.8 Å². The number of hydrogen-bond donors (Lipinski definition) is 1. The molecule has 176 valence electrons. The van der Waals surface area contributed by atoms with Gasteiger partial charge in [0.1, 0.15) is 6.54 Å². The molecular formula is C26H20N2O6S. The molecule has 0 aliphatic carbocycles. The van der Waals surface area contributed by atoms with Crippen LogP contribution in [0.5, 0.6) is 11.5 Å². The Labute approximate surface area is 205 Å². The normalized spacial score (nSPS) is 14.2. The predicted octanol–water partition coefficient (Wildman–Crippen LogP) is 4.59. The number of carbonyl (C=O) groups excluding carboxylic acids is 4. The van der Waals surface area contributed by atoms with Gasteiger partial charge in [-0.05, 0) is 59.8 Å². The van der Waals surface area contributed by atoms with Crippen molar-refractivity contribution in [3.63, 3.8) is 0 Å². The Hall–Kier alpha value is -4.37. The van der Waals surface area contributed by atoms with Gasteiger partial charge in [-0.3, -0.25) is 19.3 Å². The lowest BCUT2D eigenvalue weighted by Gasteiger charge is -2.12. The van der Waals surface area contributed by atoms with Crippen LogP contribution in [-0.4, -0.2) is 41.6 Å². The van der Waals surface area contributed by atoms with Crippen molar-refractivity contribution in [3.05, 3.63) is 94.9 Å². The van der Waals surface area contributed by atoms with Gasteiger partial charge in [0.25, 0.3) is 11.1 Å². The summed E-state index contributed by atoms with van der Waals surface area (Å²) in [6.07, 6.45) is 1.52. The lowest BCUT2D eigenvalue weighted by atomic mass is 10.1. The molecule has 1 N–H and O–H groups in total. The molecule has 1 aliphatic heterocycles. The monoisotopic (exact) mass is 488 g/mol. The van der Waals surface area contributed by atoms with Crippen LogP contribution in [0.2, 0.25) is 0 Å². The number of carbonyl (C=O) groups is 4. The number of methoxy groups -OCH3 is 1. The summed E-state index contributed by atoms with van der Waals surface area (Å²) in [6.45, 7) is -0.394. The molecule has 0 spiro atoms. The number of imide groups is 1. The average Bonchev–Trinajstić information content (AvgIpc) is 3.13. The van der Waals surface area contributed by atoms with E-state index in [1.54, 1.807) is 72.8 Å². The SMILES string of the molecule is COc1cc(/C=C2\SC(=O)N(CC(=O)Nc3ccccc3)C2=O)ccc1OC(=O)c1ccccc1. The molecule has 3 aromatic carbocycles. The number of nitrogens with zero attached hydrogens (tertiary/aromatic N) is 1. The number of nitrogens with one attached hydrogen (secondary N) is 1. The van der Waals surface area contributed by atoms with Crippen LogP contribution in [-0.2, 0) is 9.59 Å². The van der Waals surface area contributed by atoms with Gasteiger partial charge in [-0.2, -0.15) is 0 Å². The number of anilines is 1. The Morgan fingerprint density at radius 2 is 1.63 bits per heavy atom. The summed E-state index contributed by atoms with van der Waals surface area (Å²) in [4.78, 5) is 50.8. The van der Waals surface area contributed by atoms with E-state index in [0.717, 1.165) is 16.7 Å². The minimum atomic E-state index is -0.568. The molecule has 1 saturated heterocycles. The van der Waals surface area contributed by atoms with Crippen LogP contribution < -0.4 is 14.8 Å². The van der Waals surface area contributed by atoms with E-state index in [1.807, 2.05) is 6.07 Å². The third-order valence-corrected chi connectivity index (χ3v) is 5.84. The molecule has 0 saturated carbocycles. The van der Waals surface area contributed by atoms with E-state index in [1.165, 1.54) is 13.2 Å². The largest absolute Gasteiger partial charge is 0.493 e. The highest BCUT2D eigenvalue weighted by Gasteiger charge is 2.36. The third kappa shape index (κ3) is 5.77. The second kappa shape index (κ2) is 10.7. The van der Waals surface area contributed by atoms with Crippen molar-refractivity contribution < 1.29 is 28.7 Å². The molecule has 4 rings (SSSR count). The number of benzene rings is 3. The van der Waals surface area contributed by atoms with Gasteiger partial charge in [0.05, 0.1) is 17.6 Å². The first-order valence-electron chi connectivity index (χ1n) is 10.5. The van der Waals surface area contributed by atoms with Gasteiger partial charge in [-0.25, -0.2) is 4.79 Å². The fourth-order valence-corrected chi connectivity index (χ4v) is 4.08. The first kappa shape index (κ1) is 23.8. The summed E-state index contributed by atoms with van der Waals surface area (Å²) >= 11 is 0.743. The Kier molecular flexibility index (Phi) is 7.27. The first-order valence-corrected chi connectivity index (χ1v) is 11.3. The third-order valence-electron chi connectivity index (χ3n) is 4.93. The summed E-state index contributed by atoms with van der Waals surface area (Å²) in [5.74, 6) is -1.09. The molecule has 3 amide bonds. The molecule has 1 fully saturated rings. The molecule has 0 unspecified atom stereocenters. The van der Waals surface area contributed by atoms with Crippen LogP contribution in [0.25, 0.3) is 6.08 Å². The van der Waals surface area contributed by atoms with Crippen molar-refractivity contribution in [3.8, 4) is 11.5 Å². The zero-order chi connectivity index (χ0) is 24.8. The van der Waals surface area contributed by atoms with Crippen LogP contribution >= 0.6 is 11.8 Å². The summed E-state index contributed by atoms with van der Waals surface area (Å²) < 4.78 is 10.8. The van der Waals surface area contributed by atoms with E-state index < -0.39 is 29.6 Å². The molecule has 1 heterocycles. The second-order valence-electron chi connectivity index (χ2n) is 7.35. The van der Waals surface area contributed by atoms with Crippen LogP contribution in [0.15, 0.2) is 83.8 Å². The molecule has 3 aromatic rings. The minimum absolute atomic E-state index is 0.165. The van der Waals surface area contributed by atoms with Gasteiger partial charge in [0, 0.05) is 5.69 Å². The smallest absolute Gasteiger partial charge is 0.343 e. The van der Waals surface area contributed by atoms with Crippen LogP contribution in [0.3, 0.4) is 0 Å². The van der Waals surface area contributed by atoms with E-state index in [9.17, 15) is 19.2 Å². The number of esters is 1. The van der Waals surface area contributed by atoms with E-state index in [2.05, 4.69) is 5.32 Å². The predicted molar refractivity (Wildman–Crippen MR) is 132 cm³/mol. The fourth-order valence-electron chi connectivity index (χ4n) is 3.24. The van der Waals surface area contributed by atoms with Crippen LogP contribution in [0, 0.1) is 0 Å². The number of ether oxygens (including phenoxy) is 2. The minimum Gasteiger partial charge on any atom is -0.493 e. The Morgan fingerprint density at radius 3 is 2.31 bits per heavy atom. The van der Waals surface area contributed by atoms with Crippen molar-refractivity contribution in [2.45, 2.75) is 0 Å². The van der Waals surface area contributed by atoms with Crippen molar-refractivity contribution in [1.29, 1.82) is 0 Å². The fraction of sp³-hybridized carbons (Fsp3) is 0.0769. The van der Waals surface area contributed by atoms with E-state index in [4.69, 9.17) is 9.47 Å². The molecule has 0 radical (unpaired) electrons. The highest BCUT2D eigenvalue weighted by Crippen LogP contribution is 2.34. The van der Waals surface area contributed by atoms with Gasteiger partial charge in [0.15, 0.2) is 11.5 Å². The second-order valence-corrected chi connectivity index (χ2v) is 8.34. The summed E-state index contributed by atoms with van der Waals surface area (Å²) in [5, 5.41) is 2.11. The van der Waals surface area contributed by atoms with E-state index >= 15 is 0 Å². The number of para-hydroxylation sites is 1. The maximum absolute atomic E-state index is 12.8. The number of thioether (sulfide) groups is 1. The number of hydrogen-bond acceptors (Lipinski definition) is 7.